The number of aromatic nitrogens is 4. The first-order chi connectivity index (χ1) is 13.2. The number of aliphatic hydroxyl groups is 3. The van der Waals surface area contributed by atoms with E-state index in [2.05, 4.69) is 15.0 Å². The summed E-state index contributed by atoms with van der Waals surface area (Å²) in [5.74, 6) is 0. The van der Waals surface area contributed by atoms with Gasteiger partial charge in [-0.25, -0.2) is 9.97 Å². The summed E-state index contributed by atoms with van der Waals surface area (Å²) in [6, 6.07) is 5.62. The molecule has 1 saturated heterocycles. The minimum absolute atomic E-state index is 0.390. The highest BCUT2D eigenvalue weighted by Crippen LogP contribution is 2.39. The maximum Gasteiger partial charge on any atom is 0.165 e. The minimum Gasteiger partial charge on any atom is -0.394 e. The van der Waals surface area contributed by atoms with Crippen molar-refractivity contribution in [3.63, 3.8) is 0 Å². The summed E-state index contributed by atoms with van der Waals surface area (Å²) in [6.07, 6.45) is -1.01. The Morgan fingerprint density at radius 3 is 2.78 bits per heavy atom. The number of hydrogen-bond acceptors (Lipinski definition) is 8. The molecule has 0 radical (unpaired) electrons. The molecular formula is C18H16N4O4S. The van der Waals surface area contributed by atoms with E-state index in [1.54, 1.807) is 28.2 Å². The maximum absolute atomic E-state index is 10.5. The highest BCUT2D eigenvalue weighted by atomic mass is 32.1. The van der Waals surface area contributed by atoms with Gasteiger partial charge in [-0.2, -0.15) is 11.3 Å². The Kier molecular flexibility index (Phi) is 3.92. The number of fused-ring (bicyclic) bond motifs is 3. The van der Waals surface area contributed by atoms with Crippen LogP contribution in [0.2, 0.25) is 0 Å². The predicted molar refractivity (Wildman–Crippen MR) is 99.2 cm³/mol. The number of thiophene rings is 1. The van der Waals surface area contributed by atoms with Crippen LogP contribution in [-0.2, 0) is 4.74 Å². The molecule has 1 aliphatic rings. The van der Waals surface area contributed by atoms with Gasteiger partial charge in [0.2, 0.25) is 0 Å². The number of aliphatic hydroxyl groups excluding tert-OH is 3. The van der Waals surface area contributed by atoms with Gasteiger partial charge >= 0.3 is 0 Å². The summed E-state index contributed by atoms with van der Waals surface area (Å²) in [7, 11) is 0. The summed E-state index contributed by atoms with van der Waals surface area (Å²) in [4.78, 5) is 13.4. The van der Waals surface area contributed by atoms with E-state index >= 15 is 0 Å². The van der Waals surface area contributed by atoms with Crippen LogP contribution in [0.15, 0.2) is 41.5 Å². The molecule has 4 aromatic rings. The molecule has 138 valence electrons. The van der Waals surface area contributed by atoms with Crippen LogP contribution in [0, 0.1) is 0 Å². The van der Waals surface area contributed by atoms with Crippen LogP contribution in [-0.4, -0.2) is 59.8 Å². The van der Waals surface area contributed by atoms with Gasteiger partial charge in [0.25, 0.3) is 0 Å². The molecule has 0 aromatic carbocycles. The van der Waals surface area contributed by atoms with Gasteiger partial charge in [-0.15, -0.1) is 0 Å². The van der Waals surface area contributed by atoms with Crippen molar-refractivity contribution in [3.05, 3.63) is 41.5 Å². The Morgan fingerprint density at radius 1 is 1.15 bits per heavy atom. The molecule has 1 fully saturated rings. The van der Waals surface area contributed by atoms with Gasteiger partial charge in [0.1, 0.15) is 30.3 Å². The molecule has 0 bridgehead atoms. The van der Waals surface area contributed by atoms with Crippen LogP contribution in [0.25, 0.3) is 33.3 Å². The fourth-order valence-corrected chi connectivity index (χ4v) is 4.28. The average molecular weight is 384 g/mol. The molecule has 1 aliphatic heterocycles. The Labute approximate surface area is 157 Å². The molecule has 9 heteroatoms. The largest absolute Gasteiger partial charge is 0.394 e. The van der Waals surface area contributed by atoms with Crippen molar-refractivity contribution in [2.24, 2.45) is 0 Å². The SMILES string of the molecule is OC[C@H]1O[C@@H](n2c3cccnc3c3c(-c4ccsc4)ncnc32)[C@H](O)[C@@H]1O. The Bertz CT molecular complexity index is 1110. The molecule has 4 atom stereocenters. The van der Waals surface area contributed by atoms with E-state index in [1.807, 2.05) is 22.9 Å². The molecule has 0 unspecified atom stereocenters. The van der Waals surface area contributed by atoms with Crippen molar-refractivity contribution in [2.45, 2.75) is 24.5 Å². The van der Waals surface area contributed by atoms with Crippen molar-refractivity contribution >= 4 is 33.4 Å². The third-order valence-electron chi connectivity index (χ3n) is 4.90. The van der Waals surface area contributed by atoms with Crippen molar-refractivity contribution < 1.29 is 20.1 Å². The molecule has 0 aliphatic carbocycles. The fraction of sp³-hybridized carbons (Fsp3) is 0.278. The topological polar surface area (TPSA) is 114 Å². The molecule has 0 saturated carbocycles. The number of hydrogen-bond donors (Lipinski definition) is 3. The first kappa shape index (κ1) is 16.7. The Hall–Kier alpha value is -2.43. The van der Waals surface area contributed by atoms with E-state index in [0.29, 0.717) is 16.7 Å². The summed E-state index contributed by atoms with van der Waals surface area (Å²) in [5, 5.41) is 34.9. The van der Waals surface area contributed by atoms with Crippen LogP contribution in [0.5, 0.6) is 0 Å². The van der Waals surface area contributed by atoms with E-state index in [1.165, 1.54) is 6.33 Å². The predicted octanol–water partition coefficient (Wildman–Crippen LogP) is 1.32. The van der Waals surface area contributed by atoms with Crippen molar-refractivity contribution in [3.8, 4) is 11.3 Å². The number of nitrogens with zero attached hydrogens (tertiary/aromatic N) is 4. The quantitative estimate of drug-likeness (QED) is 0.488. The highest BCUT2D eigenvalue weighted by Gasteiger charge is 2.44. The van der Waals surface area contributed by atoms with E-state index in [9.17, 15) is 15.3 Å². The van der Waals surface area contributed by atoms with Gasteiger partial charge in [-0.05, 0) is 23.6 Å². The van der Waals surface area contributed by atoms with Crippen molar-refractivity contribution in [1.82, 2.24) is 19.5 Å². The Morgan fingerprint density at radius 2 is 2.04 bits per heavy atom. The number of ether oxygens (including phenoxy) is 1. The van der Waals surface area contributed by atoms with Crippen molar-refractivity contribution in [1.29, 1.82) is 0 Å². The van der Waals surface area contributed by atoms with Gasteiger partial charge in [0.05, 0.1) is 28.7 Å². The normalized spacial score (nSPS) is 25.6. The summed E-state index contributed by atoms with van der Waals surface area (Å²) in [6.45, 7) is -0.390. The molecule has 27 heavy (non-hydrogen) atoms. The summed E-state index contributed by atoms with van der Waals surface area (Å²) < 4.78 is 7.47. The van der Waals surface area contributed by atoms with Crippen LogP contribution in [0.3, 0.4) is 0 Å². The van der Waals surface area contributed by atoms with Gasteiger partial charge < -0.3 is 20.1 Å². The number of pyridine rings is 1. The lowest BCUT2D eigenvalue weighted by molar-refractivity contribution is -0.0489. The third kappa shape index (κ3) is 2.40. The van der Waals surface area contributed by atoms with E-state index in [4.69, 9.17) is 4.74 Å². The van der Waals surface area contributed by atoms with Crippen molar-refractivity contribution in [2.75, 3.05) is 6.61 Å². The van der Waals surface area contributed by atoms with Crippen LogP contribution in [0.4, 0.5) is 0 Å². The zero-order valence-corrected chi connectivity index (χ0v) is 14.8. The lowest BCUT2D eigenvalue weighted by Gasteiger charge is -2.18. The molecule has 8 nitrogen and oxygen atoms in total. The molecule has 0 amide bonds. The van der Waals surface area contributed by atoms with Gasteiger partial charge in [0.15, 0.2) is 6.23 Å². The second-order valence-electron chi connectivity index (χ2n) is 6.40. The van der Waals surface area contributed by atoms with Crippen LogP contribution >= 0.6 is 11.3 Å². The maximum atomic E-state index is 10.5. The molecule has 3 N–H and O–H groups in total. The summed E-state index contributed by atoms with van der Waals surface area (Å²) >= 11 is 1.57. The molecule has 5 heterocycles. The van der Waals surface area contributed by atoms with E-state index in [-0.39, 0.29) is 6.61 Å². The molecular weight excluding hydrogens is 368 g/mol. The second-order valence-corrected chi connectivity index (χ2v) is 7.18. The van der Waals surface area contributed by atoms with Crippen LogP contribution in [0.1, 0.15) is 6.23 Å². The minimum atomic E-state index is -1.21. The van der Waals surface area contributed by atoms with Gasteiger partial charge in [-0.3, -0.25) is 9.55 Å². The van der Waals surface area contributed by atoms with E-state index < -0.39 is 24.5 Å². The smallest absolute Gasteiger partial charge is 0.165 e. The first-order valence-electron chi connectivity index (χ1n) is 8.45. The van der Waals surface area contributed by atoms with E-state index in [0.717, 1.165) is 16.6 Å². The second kappa shape index (κ2) is 6.32. The standard InChI is InChI=1S/C18H16N4O4S/c23-6-11-15(24)16(25)18(26-11)22-10-2-1-4-19-14(10)12-13(9-3-5-27-7-9)20-8-21-17(12)22/h1-5,7-8,11,15-16,18,23-25H,6H2/t11-,15-,16-,18-/m1/s1. The molecule has 0 spiro atoms. The third-order valence-corrected chi connectivity index (χ3v) is 5.59. The zero-order chi connectivity index (χ0) is 18.5. The first-order valence-corrected chi connectivity index (χ1v) is 9.39. The van der Waals surface area contributed by atoms with Crippen LogP contribution < -0.4 is 0 Å². The Balaban J connectivity index is 1.82. The van der Waals surface area contributed by atoms with Gasteiger partial charge in [-0.1, -0.05) is 0 Å². The highest BCUT2D eigenvalue weighted by molar-refractivity contribution is 7.08. The monoisotopic (exact) mass is 384 g/mol. The lowest BCUT2D eigenvalue weighted by atomic mass is 10.1. The average Bonchev–Trinajstić information content (AvgIpc) is 3.40. The molecule has 5 rings (SSSR count). The molecule has 4 aromatic heterocycles. The lowest BCUT2D eigenvalue weighted by Crippen LogP contribution is -2.33. The van der Waals surface area contributed by atoms with Gasteiger partial charge in [0, 0.05) is 17.1 Å². The number of rotatable bonds is 3. The summed E-state index contributed by atoms with van der Waals surface area (Å²) in [5.41, 5.74) is 3.65. The fourth-order valence-electron chi connectivity index (χ4n) is 3.64. The zero-order valence-electron chi connectivity index (χ0n) is 14.0.